The summed E-state index contributed by atoms with van der Waals surface area (Å²) in [5, 5.41) is 21.6. The summed E-state index contributed by atoms with van der Waals surface area (Å²) in [6, 6.07) is 7.99. The van der Waals surface area contributed by atoms with E-state index in [4.69, 9.17) is 4.74 Å². The minimum absolute atomic E-state index is 0.139. The summed E-state index contributed by atoms with van der Waals surface area (Å²) < 4.78 is 33.7. The number of halogens is 2. The van der Waals surface area contributed by atoms with E-state index in [9.17, 15) is 23.8 Å². The minimum Gasteiger partial charge on any atom is -0.497 e. The smallest absolute Gasteiger partial charge is 0.308 e. The van der Waals surface area contributed by atoms with Gasteiger partial charge in [-0.3, -0.25) is 9.78 Å². The number of carboxylic acid groups (broad SMARTS) is 1. The Balaban J connectivity index is 1.37. The number of piperidine rings is 1. The first-order valence-electron chi connectivity index (χ1n) is 11.9. The van der Waals surface area contributed by atoms with Gasteiger partial charge in [-0.05, 0) is 62.1 Å². The summed E-state index contributed by atoms with van der Waals surface area (Å²) in [4.78, 5) is 22.2. The summed E-state index contributed by atoms with van der Waals surface area (Å²) in [6.07, 6.45) is 2.88. The zero-order chi connectivity index (χ0) is 25.7. The van der Waals surface area contributed by atoms with Gasteiger partial charge in [-0.1, -0.05) is 0 Å². The molecule has 2 unspecified atom stereocenters. The topological polar surface area (TPSA) is 95.8 Å². The van der Waals surface area contributed by atoms with Crippen LogP contribution < -0.4 is 4.74 Å². The van der Waals surface area contributed by atoms with Crippen LogP contribution in [0.1, 0.15) is 30.9 Å². The summed E-state index contributed by atoms with van der Waals surface area (Å²) >= 11 is 1.31. The fourth-order valence-electron chi connectivity index (χ4n) is 4.80. The van der Waals surface area contributed by atoms with Crippen molar-refractivity contribution < 1.29 is 28.5 Å². The highest BCUT2D eigenvalue weighted by atomic mass is 32.2. The number of rotatable bonds is 10. The molecule has 0 aliphatic carbocycles. The van der Waals surface area contributed by atoms with E-state index < -0.39 is 23.8 Å². The Hall–Kier alpha value is -2.82. The van der Waals surface area contributed by atoms with Gasteiger partial charge in [0.1, 0.15) is 16.6 Å². The van der Waals surface area contributed by atoms with E-state index in [-0.39, 0.29) is 23.7 Å². The van der Waals surface area contributed by atoms with Crippen molar-refractivity contribution in [1.29, 1.82) is 0 Å². The molecule has 2 N–H and O–H groups in total. The molecule has 3 aromatic rings. The summed E-state index contributed by atoms with van der Waals surface area (Å²) in [5.41, 5.74) is 0.702. The Labute approximate surface area is 212 Å². The maximum absolute atomic E-state index is 14.7. The number of aliphatic hydroxyl groups excluding tert-OH is 1. The van der Waals surface area contributed by atoms with Crippen LogP contribution in [0.2, 0.25) is 0 Å². The second-order valence-corrected chi connectivity index (χ2v) is 10.0. The van der Waals surface area contributed by atoms with Gasteiger partial charge in [0.15, 0.2) is 5.82 Å². The van der Waals surface area contributed by atoms with E-state index >= 15 is 0 Å². The lowest BCUT2D eigenvalue weighted by Crippen LogP contribution is -2.44. The monoisotopic (exact) mass is 517 g/mol. The molecule has 4 rings (SSSR count). The van der Waals surface area contributed by atoms with Gasteiger partial charge in [0.25, 0.3) is 0 Å². The molecular weight excluding hydrogens is 488 g/mol. The van der Waals surface area contributed by atoms with Gasteiger partial charge in [-0.25, -0.2) is 13.8 Å². The average molecular weight is 518 g/mol. The third-order valence-electron chi connectivity index (χ3n) is 6.74. The number of ether oxygens (including phenoxy) is 1. The van der Waals surface area contributed by atoms with E-state index in [0.717, 1.165) is 6.20 Å². The van der Waals surface area contributed by atoms with Crippen LogP contribution >= 0.6 is 11.8 Å². The van der Waals surface area contributed by atoms with Crippen molar-refractivity contribution >= 4 is 28.6 Å². The van der Waals surface area contributed by atoms with Gasteiger partial charge in [0.05, 0.1) is 30.8 Å². The first kappa shape index (κ1) is 26.2. The molecule has 192 valence electrons. The molecular formula is C26H29F2N3O4S. The molecule has 2 aromatic heterocycles. The van der Waals surface area contributed by atoms with Gasteiger partial charge in [0.2, 0.25) is 0 Å². The van der Waals surface area contributed by atoms with E-state index in [2.05, 4.69) is 14.9 Å². The highest BCUT2D eigenvalue weighted by molar-refractivity contribution is 7.99. The molecule has 1 aliphatic heterocycles. The van der Waals surface area contributed by atoms with Crippen molar-refractivity contribution in [2.45, 2.75) is 30.4 Å². The SMILES string of the molecule is COc1ccc2ncc(F)c([C@H](O)CCC3CCN(CCSc4ncccc4F)CC3C(=O)O)c2c1. The molecule has 0 radical (unpaired) electrons. The Bertz CT molecular complexity index is 1220. The quantitative estimate of drug-likeness (QED) is 0.379. The fraction of sp³-hybridized carbons (Fsp3) is 0.423. The fourth-order valence-corrected chi connectivity index (χ4v) is 5.68. The zero-order valence-corrected chi connectivity index (χ0v) is 20.8. The summed E-state index contributed by atoms with van der Waals surface area (Å²) in [7, 11) is 1.51. The van der Waals surface area contributed by atoms with Crippen LogP contribution in [0.25, 0.3) is 10.9 Å². The number of carboxylic acids is 1. The molecule has 3 heterocycles. The molecule has 1 fully saturated rings. The normalized spacial score (nSPS) is 19.3. The zero-order valence-electron chi connectivity index (χ0n) is 19.9. The Morgan fingerprint density at radius 2 is 2.11 bits per heavy atom. The molecule has 0 saturated carbocycles. The molecule has 1 aliphatic rings. The third kappa shape index (κ3) is 6.11. The number of aliphatic hydroxyl groups is 1. The number of methoxy groups -OCH3 is 1. The minimum atomic E-state index is -1.10. The lowest BCUT2D eigenvalue weighted by atomic mass is 9.81. The van der Waals surface area contributed by atoms with Crippen molar-refractivity contribution in [1.82, 2.24) is 14.9 Å². The second-order valence-electron chi connectivity index (χ2n) is 8.93. The molecule has 0 amide bonds. The first-order chi connectivity index (χ1) is 17.4. The molecule has 10 heteroatoms. The standard InChI is InChI=1S/C26H29F2N3O4S/c1-35-17-5-6-22-18(13-17)24(21(28)14-30-22)23(32)7-4-16-8-10-31(15-19(16)26(33)34)11-12-36-25-20(27)3-2-9-29-25/h2-3,5-6,9,13-14,16,19,23,32H,4,7-8,10-12,15H2,1H3,(H,33,34)/t16?,19?,23-/m1/s1. The Morgan fingerprint density at radius 3 is 2.86 bits per heavy atom. The Morgan fingerprint density at radius 1 is 1.28 bits per heavy atom. The van der Waals surface area contributed by atoms with Crippen LogP contribution in [0.3, 0.4) is 0 Å². The lowest BCUT2D eigenvalue weighted by Gasteiger charge is -2.36. The number of hydrogen-bond acceptors (Lipinski definition) is 7. The number of fused-ring (bicyclic) bond motifs is 1. The van der Waals surface area contributed by atoms with Gasteiger partial charge < -0.3 is 19.8 Å². The maximum Gasteiger partial charge on any atom is 0.308 e. The number of hydrogen-bond donors (Lipinski definition) is 2. The van der Waals surface area contributed by atoms with Crippen molar-refractivity contribution in [3.05, 3.63) is 59.9 Å². The van der Waals surface area contributed by atoms with Gasteiger partial charge in [0, 0.05) is 36.0 Å². The first-order valence-corrected chi connectivity index (χ1v) is 12.8. The molecule has 1 aromatic carbocycles. The maximum atomic E-state index is 14.7. The number of benzene rings is 1. The number of nitrogens with zero attached hydrogens (tertiary/aromatic N) is 3. The van der Waals surface area contributed by atoms with E-state index in [1.165, 1.54) is 24.9 Å². The van der Waals surface area contributed by atoms with Crippen molar-refractivity contribution in [2.24, 2.45) is 11.8 Å². The molecule has 1 saturated heterocycles. The third-order valence-corrected chi connectivity index (χ3v) is 7.70. The number of thioether (sulfide) groups is 1. The predicted molar refractivity (Wildman–Crippen MR) is 133 cm³/mol. The highest BCUT2D eigenvalue weighted by Gasteiger charge is 2.34. The number of likely N-dealkylation sites (tertiary alicyclic amines) is 1. The van der Waals surface area contributed by atoms with Crippen molar-refractivity contribution in [3.8, 4) is 5.75 Å². The number of pyridine rings is 2. The van der Waals surface area contributed by atoms with Crippen molar-refractivity contribution in [3.63, 3.8) is 0 Å². The largest absolute Gasteiger partial charge is 0.497 e. The molecule has 7 nitrogen and oxygen atoms in total. The van der Waals surface area contributed by atoms with E-state index in [1.54, 1.807) is 30.5 Å². The number of carbonyl (C=O) groups is 1. The molecule has 36 heavy (non-hydrogen) atoms. The van der Waals surface area contributed by atoms with Gasteiger partial charge in [-0.15, -0.1) is 11.8 Å². The predicted octanol–water partition coefficient (Wildman–Crippen LogP) is 4.55. The molecule has 3 atom stereocenters. The van der Waals surface area contributed by atoms with Crippen LogP contribution in [0.15, 0.2) is 47.8 Å². The highest BCUT2D eigenvalue weighted by Crippen LogP contribution is 2.35. The van der Waals surface area contributed by atoms with Crippen molar-refractivity contribution in [2.75, 3.05) is 32.5 Å². The van der Waals surface area contributed by atoms with Crippen LogP contribution in [0, 0.1) is 23.5 Å². The summed E-state index contributed by atoms with van der Waals surface area (Å²) in [5.74, 6) is -1.45. The molecule has 0 bridgehead atoms. The number of aliphatic carboxylic acids is 1. The lowest BCUT2D eigenvalue weighted by molar-refractivity contribution is -0.146. The average Bonchev–Trinajstić information content (AvgIpc) is 2.88. The van der Waals surface area contributed by atoms with Gasteiger partial charge in [-0.2, -0.15) is 0 Å². The van der Waals surface area contributed by atoms with Gasteiger partial charge >= 0.3 is 5.97 Å². The summed E-state index contributed by atoms with van der Waals surface area (Å²) in [6.45, 7) is 1.71. The number of aromatic nitrogens is 2. The van der Waals surface area contributed by atoms with E-state index in [1.807, 2.05) is 0 Å². The second kappa shape index (κ2) is 11.9. The van der Waals surface area contributed by atoms with E-state index in [0.29, 0.717) is 59.9 Å². The van der Waals surface area contributed by atoms with Crippen LogP contribution in [0.4, 0.5) is 8.78 Å². The molecule has 0 spiro atoms. The van der Waals surface area contributed by atoms with Crippen LogP contribution in [-0.2, 0) is 4.79 Å². The van der Waals surface area contributed by atoms with Crippen LogP contribution in [-0.4, -0.2) is 63.5 Å². The van der Waals surface area contributed by atoms with Crippen LogP contribution in [0.5, 0.6) is 5.75 Å². The Kier molecular flexibility index (Phi) is 8.71.